The van der Waals surface area contributed by atoms with E-state index in [1.165, 1.54) is 44.9 Å². The maximum absolute atomic E-state index is 8.12. The van der Waals surface area contributed by atoms with Crippen LogP contribution in [0.15, 0.2) is 36.5 Å². The zero-order valence-electron chi connectivity index (χ0n) is 13.1. The molecule has 0 aromatic carbocycles. The van der Waals surface area contributed by atoms with Crippen molar-refractivity contribution in [3.05, 3.63) is 36.5 Å². The maximum Gasteiger partial charge on any atom is 0.0854 e. The monoisotopic (exact) mass is 280 g/mol. The molecule has 0 aliphatic heterocycles. The highest BCUT2D eigenvalue weighted by Crippen LogP contribution is 2.07. The molecule has 116 valence electrons. The lowest BCUT2D eigenvalue weighted by molar-refractivity contribution is -0.240. The lowest BCUT2D eigenvalue weighted by Gasteiger charge is -1.97. The second-order valence-corrected chi connectivity index (χ2v) is 5.08. The summed E-state index contributed by atoms with van der Waals surface area (Å²) in [5, 5.41) is 8.12. The molecule has 1 N–H and O–H groups in total. The van der Waals surface area contributed by atoms with Crippen molar-refractivity contribution >= 4 is 0 Å². The third-order valence-electron chi connectivity index (χ3n) is 3.15. The van der Waals surface area contributed by atoms with Gasteiger partial charge in [-0.2, -0.15) is 0 Å². The third-order valence-corrected chi connectivity index (χ3v) is 3.15. The first-order chi connectivity index (χ1) is 9.91. The van der Waals surface area contributed by atoms with Gasteiger partial charge in [0.15, 0.2) is 0 Å². The predicted molar refractivity (Wildman–Crippen MR) is 87.8 cm³/mol. The van der Waals surface area contributed by atoms with Gasteiger partial charge < -0.3 is 0 Å². The van der Waals surface area contributed by atoms with Gasteiger partial charge in [0, 0.05) is 0 Å². The first kappa shape index (κ1) is 19.1. The van der Waals surface area contributed by atoms with Crippen LogP contribution in [0, 0.1) is 0 Å². The van der Waals surface area contributed by atoms with E-state index in [-0.39, 0.29) is 0 Å². The van der Waals surface area contributed by atoms with Crippen LogP contribution in [-0.2, 0) is 4.89 Å². The van der Waals surface area contributed by atoms with Crippen LogP contribution in [-0.4, -0.2) is 11.9 Å². The minimum atomic E-state index is 0.367. The summed E-state index contributed by atoms with van der Waals surface area (Å²) in [6.07, 6.45) is 25.3. The predicted octanol–water partition coefficient (Wildman–Crippen LogP) is 6.07. The summed E-state index contributed by atoms with van der Waals surface area (Å²) < 4.78 is 0. The molecule has 0 aromatic rings. The molecular formula is C18H32O2. The van der Waals surface area contributed by atoms with Crippen LogP contribution in [0.3, 0.4) is 0 Å². The van der Waals surface area contributed by atoms with Crippen LogP contribution < -0.4 is 0 Å². The minimum absolute atomic E-state index is 0.367. The summed E-state index contributed by atoms with van der Waals surface area (Å²) in [5.41, 5.74) is 0. The summed E-state index contributed by atoms with van der Waals surface area (Å²) in [6, 6.07) is 0. The highest BCUT2D eigenvalue weighted by Gasteiger charge is 1.87. The summed E-state index contributed by atoms with van der Waals surface area (Å²) in [6.45, 7) is 2.63. The summed E-state index contributed by atoms with van der Waals surface area (Å²) in [7, 11) is 0. The molecule has 0 rings (SSSR count). The second kappa shape index (κ2) is 18.1. The molecule has 0 spiro atoms. The van der Waals surface area contributed by atoms with E-state index >= 15 is 0 Å². The number of hydrogen-bond donors (Lipinski definition) is 1. The van der Waals surface area contributed by atoms with Gasteiger partial charge in [-0.3, -0.25) is 5.26 Å². The van der Waals surface area contributed by atoms with E-state index in [0.29, 0.717) is 6.61 Å². The quantitative estimate of drug-likeness (QED) is 0.138. The molecule has 0 saturated carbocycles. The van der Waals surface area contributed by atoms with Gasteiger partial charge in [-0.25, -0.2) is 4.89 Å². The standard InChI is InChI=1S/C18H32O2/c1-2-3-4-5-6-7-8-9-10-11-12-13-14-15-16-17-18-20-19/h9-10,13-16,19H,2-8,11-12,17-18H2,1H3/b10-9+,14-13+,16-15+. The Morgan fingerprint density at radius 1 is 0.700 bits per heavy atom. The lowest BCUT2D eigenvalue weighted by atomic mass is 10.1. The van der Waals surface area contributed by atoms with Crippen molar-refractivity contribution in [3.8, 4) is 0 Å². The fourth-order valence-electron chi connectivity index (χ4n) is 1.94. The maximum atomic E-state index is 8.12. The molecule has 0 unspecified atom stereocenters. The van der Waals surface area contributed by atoms with Crippen molar-refractivity contribution in [1.82, 2.24) is 0 Å². The van der Waals surface area contributed by atoms with Gasteiger partial charge in [-0.1, -0.05) is 75.5 Å². The summed E-state index contributed by atoms with van der Waals surface area (Å²) in [4.78, 5) is 3.98. The highest BCUT2D eigenvalue weighted by atomic mass is 17.1. The molecule has 20 heavy (non-hydrogen) atoms. The van der Waals surface area contributed by atoms with Crippen LogP contribution in [0.1, 0.15) is 71.1 Å². The zero-order chi connectivity index (χ0) is 14.7. The Hall–Kier alpha value is -0.860. The Balaban J connectivity index is 3.23. The fourth-order valence-corrected chi connectivity index (χ4v) is 1.94. The van der Waals surface area contributed by atoms with Gasteiger partial charge in [0.2, 0.25) is 0 Å². The van der Waals surface area contributed by atoms with Crippen molar-refractivity contribution in [1.29, 1.82) is 0 Å². The minimum Gasteiger partial charge on any atom is -0.252 e. The smallest absolute Gasteiger partial charge is 0.0854 e. The van der Waals surface area contributed by atoms with E-state index in [4.69, 9.17) is 5.26 Å². The molecule has 0 bridgehead atoms. The first-order valence-corrected chi connectivity index (χ1v) is 8.14. The van der Waals surface area contributed by atoms with Crippen molar-refractivity contribution in [2.45, 2.75) is 71.1 Å². The number of hydrogen-bond acceptors (Lipinski definition) is 2. The Bertz CT molecular complexity index is 254. The second-order valence-electron chi connectivity index (χ2n) is 5.08. The van der Waals surface area contributed by atoms with Gasteiger partial charge in [0.1, 0.15) is 0 Å². The Kier molecular flexibility index (Phi) is 17.4. The molecule has 2 heteroatoms. The van der Waals surface area contributed by atoms with Crippen molar-refractivity contribution in [3.63, 3.8) is 0 Å². The average molecular weight is 280 g/mol. The van der Waals surface area contributed by atoms with Crippen LogP contribution in [0.2, 0.25) is 0 Å². The van der Waals surface area contributed by atoms with E-state index in [9.17, 15) is 0 Å². The molecule has 0 amide bonds. The number of allylic oxidation sites excluding steroid dienone is 5. The van der Waals surface area contributed by atoms with E-state index in [1.807, 2.05) is 12.2 Å². The van der Waals surface area contributed by atoms with Gasteiger partial charge in [0.25, 0.3) is 0 Å². The lowest BCUT2D eigenvalue weighted by Crippen LogP contribution is -1.83. The van der Waals surface area contributed by atoms with E-state index < -0.39 is 0 Å². The fraction of sp³-hybridized carbons (Fsp3) is 0.667. The van der Waals surface area contributed by atoms with Gasteiger partial charge in [-0.15, -0.1) is 0 Å². The SMILES string of the molecule is CCCCCCCC/C=C/CC/C=C/C=C/CCOO. The molecule has 0 saturated heterocycles. The number of rotatable bonds is 14. The van der Waals surface area contributed by atoms with Crippen LogP contribution >= 0.6 is 0 Å². The largest absolute Gasteiger partial charge is 0.252 e. The van der Waals surface area contributed by atoms with Crippen LogP contribution in [0.5, 0.6) is 0 Å². The molecule has 0 atom stereocenters. The normalized spacial score (nSPS) is 12.3. The Labute approximate surface area is 125 Å². The van der Waals surface area contributed by atoms with Crippen molar-refractivity contribution in [2.24, 2.45) is 0 Å². The molecule has 0 fully saturated rings. The van der Waals surface area contributed by atoms with Gasteiger partial charge >= 0.3 is 0 Å². The molecule has 0 radical (unpaired) electrons. The summed E-state index contributed by atoms with van der Waals surface area (Å²) in [5.74, 6) is 0. The van der Waals surface area contributed by atoms with Crippen molar-refractivity contribution < 1.29 is 10.1 Å². The highest BCUT2D eigenvalue weighted by molar-refractivity contribution is 5.02. The molecular weight excluding hydrogens is 248 g/mol. The van der Waals surface area contributed by atoms with E-state index in [2.05, 4.69) is 36.1 Å². The average Bonchev–Trinajstić information content (AvgIpc) is 2.47. The molecule has 0 aromatic heterocycles. The van der Waals surface area contributed by atoms with Crippen LogP contribution in [0.25, 0.3) is 0 Å². The third kappa shape index (κ3) is 17.1. The Morgan fingerprint density at radius 2 is 1.30 bits per heavy atom. The molecule has 2 nitrogen and oxygen atoms in total. The van der Waals surface area contributed by atoms with E-state index in [0.717, 1.165) is 19.3 Å². The summed E-state index contributed by atoms with van der Waals surface area (Å²) >= 11 is 0. The molecule has 0 heterocycles. The van der Waals surface area contributed by atoms with Crippen molar-refractivity contribution in [2.75, 3.05) is 6.61 Å². The first-order valence-electron chi connectivity index (χ1n) is 8.14. The number of unbranched alkanes of at least 4 members (excludes halogenated alkanes) is 7. The zero-order valence-corrected chi connectivity index (χ0v) is 13.1. The van der Waals surface area contributed by atoms with E-state index in [1.54, 1.807) is 0 Å². The van der Waals surface area contributed by atoms with Crippen LogP contribution in [0.4, 0.5) is 0 Å². The molecule has 0 aliphatic carbocycles. The molecule has 0 aliphatic rings. The topological polar surface area (TPSA) is 29.5 Å². The van der Waals surface area contributed by atoms with Gasteiger partial charge in [-0.05, 0) is 32.1 Å². The Morgan fingerprint density at radius 3 is 2.05 bits per heavy atom. The van der Waals surface area contributed by atoms with Gasteiger partial charge in [0.05, 0.1) is 6.61 Å².